The van der Waals surface area contributed by atoms with Gasteiger partial charge in [0.15, 0.2) is 5.78 Å². The van der Waals surface area contributed by atoms with Gasteiger partial charge in [-0.3, -0.25) is 4.79 Å². The van der Waals surface area contributed by atoms with Crippen molar-refractivity contribution in [2.45, 2.75) is 13.8 Å². The van der Waals surface area contributed by atoms with Crippen molar-refractivity contribution in [3.8, 4) is 5.75 Å². The van der Waals surface area contributed by atoms with Crippen molar-refractivity contribution in [3.63, 3.8) is 0 Å². The van der Waals surface area contributed by atoms with E-state index in [1.165, 1.54) is 25.3 Å². The molecule has 0 aliphatic carbocycles. The third-order valence-electron chi connectivity index (χ3n) is 1.95. The van der Waals surface area contributed by atoms with Gasteiger partial charge in [-0.25, -0.2) is 4.39 Å². The lowest BCUT2D eigenvalue weighted by Crippen LogP contribution is -2.09. The topological polar surface area (TPSA) is 26.3 Å². The van der Waals surface area contributed by atoms with E-state index in [-0.39, 0.29) is 11.7 Å². The van der Waals surface area contributed by atoms with Gasteiger partial charge in [-0.2, -0.15) is 0 Å². The van der Waals surface area contributed by atoms with Crippen LogP contribution >= 0.6 is 0 Å². The molecule has 0 atom stereocenters. The highest BCUT2D eigenvalue weighted by Crippen LogP contribution is 2.22. The van der Waals surface area contributed by atoms with E-state index >= 15 is 0 Å². The van der Waals surface area contributed by atoms with Gasteiger partial charge < -0.3 is 4.74 Å². The molecule has 3 heteroatoms. The molecular formula is C11H13FO2. The molecule has 0 aliphatic heterocycles. The molecule has 76 valence electrons. The summed E-state index contributed by atoms with van der Waals surface area (Å²) in [7, 11) is 1.46. The molecule has 0 unspecified atom stereocenters. The number of benzene rings is 1. The lowest BCUT2D eigenvalue weighted by atomic mass is 10.0. The van der Waals surface area contributed by atoms with E-state index in [0.717, 1.165) is 0 Å². The number of hydrogen-bond donors (Lipinski definition) is 0. The Bertz CT molecular complexity index is 345. The Morgan fingerprint density at radius 1 is 1.43 bits per heavy atom. The molecule has 1 rings (SSSR count). The number of ketones is 1. The summed E-state index contributed by atoms with van der Waals surface area (Å²) in [5, 5.41) is 0. The van der Waals surface area contributed by atoms with E-state index in [9.17, 15) is 9.18 Å². The van der Waals surface area contributed by atoms with Gasteiger partial charge in [0, 0.05) is 5.92 Å². The number of carbonyl (C=O) groups is 1. The highest BCUT2D eigenvalue weighted by molar-refractivity contribution is 5.99. The molecule has 0 heterocycles. The predicted octanol–water partition coefficient (Wildman–Crippen LogP) is 2.67. The first kappa shape index (κ1) is 10.7. The molecule has 0 bridgehead atoms. The Labute approximate surface area is 82.7 Å². The van der Waals surface area contributed by atoms with Crippen molar-refractivity contribution in [2.24, 2.45) is 5.92 Å². The highest BCUT2D eigenvalue weighted by atomic mass is 19.1. The highest BCUT2D eigenvalue weighted by Gasteiger charge is 2.16. The standard InChI is InChI=1S/C11H13FO2/c1-7(2)11(13)9-6-8(12)4-5-10(9)14-3/h4-7H,1-3H3. The maximum Gasteiger partial charge on any atom is 0.169 e. The van der Waals surface area contributed by atoms with Crippen molar-refractivity contribution in [1.82, 2.24) is 0 Å². The largest absolute Gasteiger partial charge is 0.496 e. The maximum absolute atomic E-state index is 12.9. The van der Waals surface area contributed by atoms with Gasteiger partial charge in [0.1, 0.15) is 11.6 Å². The minimum Gasteiger partial charge on any atom is -0.496 e. The zero-order valence-electron chi connectivity index (χ0n) is 8.50. The van der Waals surface area contributed by atoms with E-state index in [1.807, 2.05) is 0 Å². The molecule has 1 aromatic rings. The normalized spacial score (nSPS) is 10.4. The molecular weight excluding hydrogens is 183 g/mol. The minimum atomic E-state index is -0.421. The lowest BCUT2D eigenvalue weighted by Gasteiger charge is -2.09. The molecule has 0 aromatic heterocycles. The summed E-state index contributed by atoms with van der Waals surface area (Å²) >= 11 is 0. The van der Waals surface area contributed by atoms with E-state index in [0.29, 0.717) is 11.3 Å². The van der Waals surface area contributed by atoms with Crippen LogP contribution in [0, 0.1) is 11.7 Å². The molecule has 14 heavy (non-hydrogen) atoms. The molecule has 0 spiro atoms. The van der Waals surface area contributed by atoms with Crippen molar-refractivity contribution in [1.29, 1.82) is 0 Å². The van der Waals surface area contributed by atoms with Gasteiger partial charge in [0.2, 0.25) is 0 Å². The average molecular weight is 196 g/mol. The second-order valence-corrected chi connectivity index (χ2v) is 3.36. The zero-order chi connectivity index (χ0) is 10.7. The SMILES string of the molecule is COc1ccc(F)cc1C(=O)C(C)C. The fraction of sp³-hybridized carbons (Fsp3) is 0.364. The number of rotatable bonds is 3. The Morgan fingerprint density at radius 2 is 2.07 bits per heavy atom. The van der Waals surface area contributed by atoms with Crippen LogP contribution in [0.3, 0.4) is 0 Å². The van der Waals surface area contributed by atoms with Crippen molar-refractivity contribution in [2.75, 3.05) is 7.11 Å². The molecule has 0 amide bonds. The van der Waals surface area contributed by atoms with Crippen LogP contribution in [0.1, 0.15) is 24.2 Å². The number of Topliss-reactive ketones (excluding diaryl/α,β-unsaturated/α-hetero) is 1. The summed E-state index contributed by atoms with van der Waals surface area (Å²) in [6.45, 7) is 3.54. The zero-order valence-corrected chi connectivity index (χ0v) is 8.50. The maximum atomic E-state index is 12.9. The second kappa shape index (κ2) is 4.22. The van der Waals surface area contributed by atoms with Gasteiger partial charge in [-0.15, -0.1) is 0 Å². The molecule has 0 saturated heterocycles. The molecule has 0 aliphatic rings. The smallest absolute Gasteiger partial charge is 0.169 e. The number of halogens is 1. The van der Waals surface area contributed by atoms with Crippen LogP contribution in [-0.2, 0) is 0 Å². The second-order valence-electron chi connectivity index (χ2n) is 3.36. The van der Waals surface area contributed by atoms with Gasteiger partial charge in [-0.05, 0) is 18.2 Å². The number of methoxy groups -OCH3 is 1. The minimum absolute atomic E-state index is 0.110. The van der Waals surface area contributed by atoms with E-state index in [2.05, 4.69) is 0 Å². The fourth-order valence-corrected chi connectivity index (χ4v) is 1.18. The van der Waals surface area contributed by atoms with Crippen molar-refractivity contribution < 1.29 is 13.9 Å². The molecule has 0 N–H and O–H groups in total. The number of hydrogen-bond acceptors (Lipinski definition) is 2. The Hall–Kier alpha value is -1.38. The van der Waals surface area contributed by atoms with Gasteiger partial charge in [-0.1, -0.05) is 13.8 Å². The van der Waals surface area contributed by atoms with Gasteiger partial charge >= 0.3 is 0 Å². The lowest BCUT2D eigenvalue weighted by molar-refractivity contribution is 0.0936. The van der Waals surface area contributed by atoms with Gasteiger partial charge in [0.25, 0.3) is 0 Å². The summed E-state index contributed by atoms with van der Waals surface area (Å²) in [5.74, 6) is -0.271. The quantitative estimate of drug-likeness (QED) is 0.695. The van der Waals surface area contributed by atoms with E-state index < -0.39 is 5.82 Å². The van der Waals surface area contributed by atoms with Crippen LogP contribution in [0.4, 0.5) is 4.39 Å². The summed E-state index contributed by atoms with van der Waals surface area (Å²) < 4.78 is 17.9. The Kier molecular flexibility index (Phi) is 3.23. The van der Waals surface area contributed by atoms with Gasteiger partial charge in [0.05, 0.1) is 12.7 Å². The van der Waals surface area contributed by atoms with E-state index in [1.54, 1.807) is 13.8 Å². The first-order valence-electron chi connectivity index (χ1n) is 4.44. The average Bonchev–Trinajstić information content (AvgIpc) is 2.16. The summed E-state index contributed by atoms with van der Waals surface area (Å²) in [5.41, 5.74) is 0.308. The number of ether oxygens (including phenoxy) is 1. The Balaban J connectivity index is 3.17. The van der Waals surface area contributed by atoms with Crippen LogP contribution in [-0.4, -0.2) is 12.9 Å². The first-order chi connectivity index (χ1) is 6.56. The molecule has 0 radical (unpaired) electrons. The summed E-state index contributed by atoms with van der Waals surface area (Å²) in [6.07, 6.45) is 0. The van der Waals surface area contributed by atoms with Crippen LogP contribution in [0.5, 0.6) is 5.75 Å². The van der Waals surface area contributed by atoms with Crippen molar-refractivity contribution in [3.05, 3.63) is 29.6 Å². The first-order valence-corrected chi connectivity index (χ1v) is 4.44. The molecule has 2 nitrogen and oxygen atoms in total. The summed E-state index contributed by atoms with van der Waals surface area (Å²) in [6, 6.07) is 3.95. The molecule has 1 aromatic carbocycles. The van der Waals surface area contributed by atoms with Crippen molar-refractivity contribution >= 4 is 5.78 Å². The van der Waals surface area contributed by atoms with Crippen LogP contribution in [0.2, 0.25) is 0 Å². The predicted molar refractivity (Wildman–Crippen MR) is 52.1 cm³/mol. The third-order valence-corrected chi connectivity index (χ3v) is 1.95. The van der Waals surface area contributed by atoms with E-state index in [4.69, 9.17) is 4.74 Å². The summed E-state index contributed by atoms with van der Waals surface area (Å²) in [4.78, 5) is 11.6. The molecule has 0 fully saturated rings. The fourth-order valence-electron chi connectivity index (χ4n) is 1.18. The van der Waals surface area contributed by atoms with Crippen LogP contribution in [0.15, 0.2) is 18.2 Å². The van der Waals surface area contributed by atoms with Crippen LogP contribution < -0.4 is 4.74 Å². The molecule has 0 saturated carbocycles. The Morgan fingerprint density at radius 3 is 2.57 bits per heavy atom. The third kappa shape index (κ3) is 2.10. The van der Waals surface area contributed by atoms with Crippen LogP contribution in [0.25, 0.3) is 0 Å². The monoisotopic (exact) mass is 196 g/mol. The number of carbonyl (C=O) groups excluding carboxylic acids is 1.